The van der Waals surface area contributed by atoms with Crippen LogP contribution >= 0.6 is 0 Å². The van der Waals surface area contributed by atoms with E-state index in [0.717, 1.165) is 0 Å². The molecular weight excluding hydrogens is 285 g/mol. The summed E-state index contributed by atoms with van der Waals surface area (Å²) in [6, 6.07) is 0. The van der Waals surface area contributed by atoms with E-state index in [1.165, 1.54) is 0 Å². The van der Waals surface area contributed by atoms with E-state index in [1.54, 1.807) is 0 Å². The van der Waals surface area contributed by atoms with Gasteiger partial charge >= 0.3 is 0 Å². The van der Waals surface area contributed by atoms with Crippen LogP contribution in [-0.4, -0.2) is 43.0 Å². The number of hydrogen-bond donors (Lipinski definition) is 0. The minimum absolute atomic E-state index is 0. The van der Waals surface area contributed by atoms with Crippen LogP contribution in [0.4, 0.5) is 0 Å². The van der Waals surface area contributed by atoms with Gasteiger partial charge in [0, 0.05) is 19.5 Å². The summed E-state index contributed by atoms with van der Waals surface area (Å²) in [6.45, 7) is 0. The summed E-state index contributed by atoms with van der Waals surface area (Å²) in [5.74, 6) is 0. The Hall–Kier alpha value is -1.22. The summed E-state index contributed by atoms with van der Waals surface area (Å²) in [7, 11) is 0. The molecule has 0 aromatic heterocycles. The fraction of sp³-hybridized carbons (Fsp3) is 0. The van der Waals surface area contributed by atoms with Crippen molar-refractivity contribution in [2.75, 3.05) is 0 Å². The van der Waals surface area contributed by atoms with Gasteiger partial charge < -0.3 is 63.5 Å². The third-order valence-corrected chi connectivity index (χ3v) is 0. The van der Waals surface area contributed by atoms with Gasteiger partial charge in [0.1, 0.15) is 0 Å². The molecule has 12 N–H and O–H groups in total. The minimum atomic E-state index is -1.75. The number of hydrogen-bond acceptors (Lipinski definition) is 6. The maximum atomic E-state index is 8.25. The van der Waals surface area contributed by atoms with Gasteiger partial charge in [0.25, 0.3) is 0 Å². The Morgan fingerprint density at radius 1 is 0.533 bits per heavy atom. The molecule has 0 aliphatic heterocycles. The summed E-state index contributed by atoms with van der Waals surface area (Å²) < 4.78 is 0. The van der Waals surface area contributed by atoms with Crippen LogP contribution in [0.15, 0.2) is 0 Å². The molecule has 98 valence electrons. The largest absolute Gasteiger partial charge is 0.412 e. The Labute approximate surface area is 94.0 Å². The van der Waals surface area contributed by atoms with E-state index in [1.807, 2.05) is 0 Å². The molecule has 0 radical (unpaired) electrons. The zero-order chi connectivity index (χ0) is 7.15. The van der Waals surface area contributed by atoms with Crippen molar-refractivity contribution in [3.63, 3.8) is 0 Å². The van der Waals surface area contributed by atoms with Crippen molar-refractivity contribution in [2.24, 2.45) is 0 Å². The third-order valence-electron chi connectivity index (χ3n) is 0. The Bertz CT molecular complexity index is 71.6. The van der Waals surface area contributed by atoms with E-state index in [-0.39, 0.29) is 52.3 Å². The van der Waals surface area contributed by atoms with E-state index < -0.39 is 10.2 Å². The van der Waals surface area contributed by atoms with E-state index in [4.69, 9.17) is 30.6 Å². The molecule has 0 aliphatic rings. The molecule has 0 aromatic rings. The van der Waals surface area contributed by atoms with Crippen molar-refractivity contribution < 1.29 is 62.5 Å². The molecule has 0 spiro atoms. The van der Waals surface area contributed by atoms with Crippen LogP contribution in [0, 0.1) is 30.6 Å². The van der Waals surface area contributed by atoms with Crippen molar-refractivity contribution >= 4 is 0 Å². The van der Waals surface area contributed by atoms with Crippen molar-refractivity contribution in [1.29, 1.82) is 0 Å². The fourth-order valence-corrected chi connectivity index (χ4v) is 0. The Kier molecular flexibility index (Phi) is 509. The second-order valence-corrected chi connectivity index (χ2v) is 0.447. The predicted molar refractivity (Wildman–Crippen MR) is 42.4 cm³/mol. The van der Waals surface area contributed by atoms with Gasteiger partial charge in [-0.3, -0.25) is 0 Å². The standard InChI is InChI=1S/2NO3.6H2O.Zn/c2*2-1(3)4;;;;;;;/h;;6*1H2;/q2*-1;;;;;;;. The summed E-state index contributed by atoms with van der Waals surface area (Å²) in [6.07, 6.45) is 0. The van der Waals surface area contributed by atoms with E-state index in [9.17, 15) is 0 Å². The van der Waals surface area contributed by atoms with Gasteiger partial charge in [-0.25, -0.2) is 0 Å². The van der Waals surface area contributed by atoms with Crippen LogP contribution in [0.25, 0.3) is 0 Å². The number of rotatable bonds is 0. The Morgan fingerprint density at radius 2 is 0.533 bits per heavy atom. The van der Waals surface area contributed by atoms with E-state index >= 15 is 0 Å². The van der Waals surface area contributed by atoms with Crippen molar-refractivity contribution in [3.8, 4) is 0 Å². The second kappa shape index (κ2) is 77.6. The molecule has 15 heteroatoms. The smallest absolute Gasteiger partial charge is 0.0689 e. The molecule has 0 atom stereocenters. The van der Waals surface area contributed by atoms with Crippen LogP contribution < -0.4 is 0 Å². The Morgan fingerprint density at radius 3 is 0.533 bits per heavy atom. The first-order chi connectivity index (χ1) is 3.46. The normalized spacial score (nSPS) is 3.20. The monoisotopic (exact) mass is 296 g/mol. The minimum Gasteiger partial charge on any atom is -0.412 e. The van der Waals surface area contributed by atoms with Gasteiger partial charge in [0.2, 0.25) is 0 Å². The van der Waals surface area contributed by atoms with E-state index in [2.05, 4.69) is 0 Å². The quantitative estimate of drug-likeness (QED) is 0.238. The van der Waals surface area contributed by atoms with Gasteiger partial charge in [-0.2, -0.15) is 0 Å². The van der Waals surface area contributed by atoms with Crippen molar-refractivity contribution in [1.82, 2.24) is 0 Å². The molecule has 15 heavy (non-hydrogen) atoms. The number of nitrogens with zero attached hydrogens (tertiary/aromatic N) is 2. The summed E-state index contributed by atoms with van der Waals surface area (Å²) in [5, 5.41) is 29.5. The topological polar surface area (TPSA) is 321 Å². The van der Waals surface area contributed by atoms with E-state index in [0.29, 0.717) is 0 Å². The first kappa shape index (κ1) is 98.4. The molecule has 0 aliphatic carbocycles. The van der Waals surface area contributed by atoms with Gasteiger partial charge in [0.05, 0.1) is 10.2 Å². The zero-order valence-electron chi connectivity index (χ0n) is 7.05. The molecule has 0 aromatic carbocycles. The van der Waals surface area contributed by atoms with Gasteiger partial charge in [0.15, 0.2) is 0 Å². The van der Waals surface area contributed by atoms with Gasteiger partial charge in [-0.1, -0.05) is 0 Å². The first-order valence-electron chi connectivity index (χ1n) is 1.10. The molecular formula is H12N2O12Zn-2. The van der Waals surface area contributed by atoms with Gasteiger partial charge in [-0.05, 0) is 0 Å². The second-order valence-electron chi connectivity index (χ2n) is 0.447. The molecule has 0 fully saturated rings. The average molecular weight is 297 g/mol. The molecule has 14 nitrogen and oxygen atoms in total. The first-order valence-corrected chi connectivity index (χ1v) is 1.10. The predicted octanol–water partition coefficient (Wildman–Crippen LogP) is -5.43. The summed E-state index contributed by atoms with van der Waals surface area (Å²) in [5.41, 5.74) is 0. The third kappa shape index (κ3) is 1000. The molecule has 0 bridgehead atoms. The SMILES string of the molecule is O.O.O.O.O.O.O=[N+]([O-])[O-].O=[N+]([O-])[O-].[Zn]. The summed E-state index contributed by atoms with van der Waals surface area (Å²) >= 11 is 0. The molecule has 0 saturated heterocycles. The van der Waals surface area contributed by atoms with Crippen molar-refractivity contribution in [3.05, 3.63) is 30.6 Å². The molecule has 0 amide bonds. The molecule has 0 heterocycles. The summed E-state index contributed by atoms with van der Waals surface area (Å²) in [4.78, 5) is 16.5. The maximum absolute atomic E-state index is 8.25. The average Bonchev–Trinajstić information content (AvgIpc) is 1.25. The molecule has 0 saturated carbocycles. The van der Waals surface area contributed by atoms with Crippen LogP contribution in [0.2, 0.25) is 0 Å². The molecule has 0 rings (SSSR count). The fourth-order valence-electron chi connectivity index (χ4n) is 0. The van der Waals surface area contributed by atoms with Crippen molar-refractivity contribution in [2.45, 2.75) is 0 Å². The van der Waals surface area contributed by atoms with Crippen LogP contribution in [-0.2, 0) is 19.5 Å². The maximum Gasteiger partial charge on any atom is 0.0689 e. The van der Waals surface area contributed by atoms with Crippen LogP contribution in [0.3, 0.4) is 0 Å². The Balaban J connectivity index is -0.00000000468. The molecule has 0 unspecified atom stereocenters. The van der Waals surface area contributed by atoms with Gasteiger partial charge in [-0.15, -0.1) is 0 Å². The van der Waals surface area contributed by atoms with Crippen LogP contribution in [0.1, 0.15) is 0 Å². The zero-order valence-corrected chi connectivity index (χ0v) is 10.0. The van der Waals surface area contributed by atoms with Crippen LogP contribution in [0.5, 0.6) is 0 Å².